The summed E-state index contributed by atoms with van der Waals surface area (Å²) in [6, 6.07) is 12.1. The van der Waals surface area contributed by atoms with E-state index in [0.717, 1.165) is 41.9 Å². The Kier molecular flexibility index (Phi) is 4.63. The Morgan fingerprint density at radius 2 is 2.08 bits per heavy atom. The highest BCUT2D eigenvalue weighted by Gasteiger charge is 2.44. The van der Waals surface area contributed by atoms with E-state index in [0.29, 0.717) is 19.7 Å². The van der Waals surface area contributed by atoms with E-state index in [9.17, 15) is 9.90 Å². The van der Waals surface area contributed by atoms with E-state index in [4.69, 9.17) is 4.74 Å². The van der Waals surface area contributed by atoms with Gasteiger partial charge in [-0.05, 0) is 30.0 Å². The number of fused-ring (bicyclic) bond motifs is 1. The van der Waals surface area contributed by atoms with Crippen LogP contribution in [0.1, 0.15) is 38.5 Å². The number of hydrogen-bond donors (Lipinski definition) is 1. The van der Waals surface area contributed by atoms with Crippen LogP contribution in [0.25, 0.3) is 0 Å². The summed E-state index contributed by atoms with van der Waals surface area (Å²) < 4.78 is 5.50. The summed E-state index contributed by atoms with van der Waals surface area (Å²) in [7, 11) is 0. The van der Waals surface area contributed by atoms with Crippen molar-refractivity contribution in [3.05, 3.63) is 57.3 Å². The molecule has 1 N–H and O–H groups in total. The molecule has 0 atom stereocenters. The van der Waals surface area contributed by atoms with Crippen molar-refractivity contribution in [3.8, 4) is 0 Å². The van der Waals surface area contributed by atoms with Gasteiger partial charge in [0.05, 0.1) is 24.7 Å². The van der Waals surface area contributed by atoms with Gasteiger partial charge in [-0.1, -0.05) is 30.3 Å². The van der Waals surface area contributed by atoms with Crippen LogP contribution in [-0.4, -0.2) is 35.7 Å². The van der Waals surface area contributed by atoms with E-state index in [-0.39, 0.29) is 17.9 Å². The Hall–Kier alpha value is -1.69. The summed E-state index contributed by atoms with van der Waals surface area (Å²) in [4.78, 5) is 17.2. The Balaban J connectivity index is 1.57. The second-order valence-electron chi connectivity index (χ2n) is 7.17. The minimum absolute atomic E-state index is 0.0722. The molecule has 1 aromatic carbocycles. The molecule has 4 rings (SSSR count). The third kappa shape index (κ3) is 3.64. The molecular weight excluding hydrogens is 334 g/mol. The van der Waals surface area contributed by atoms with E-state index in [2.05, 4.69) is 0 Å². The highest BCUT2D eigenvalue weighted by Crippen LogP contribution is 2.46. The van der Waals surface area contributed by atoms with Crippen molar-refractivity contribution < 1.29 is 14.6 Å². The van der Waals surface area contributed by atoms with Crippen molar-refractivity contribution >= 4 is 17.2 Å². The number of ether oxygens (including phenoxy) is 1. The number of benzene rings is 1. The smallest absolute Gasteiger partial charge is 0.264 e. The molecule has 0 unspecified atom stereocenters. The molecular formula is C20H23NO3S. The molecule has 25 heavy (non-hydrogen) atoms. The van der Waals surface area contributed by atoms with Crippen LogP contribution in [0.4, 0.5) is 0 Å². The zero-order chi connectivity index (χ0) is 17.3. The van der Waals surface area contributed by atoms with Crippen LogP contribution in [0.2, 0.25) is 0 Å². The van der Waals surface area contributed by atoms with Crippen molar-refractivity contribution in [3.63, 3.8) is 0 Å². The number of rotatable bonds is 6. The maximum atomic E-state index is 13.2. The Morgan fingerprint density at radius 3 is 2.76 bits per heavy atom. The molecule has 1 aliphatic heterocycles. The van der Waals surface area contributed by atoms with E-state index in [1.54, 1.807) is 11.3 Å². The highest BCUT2D eigenvalue weighted by atomic mass is 32.1. The molecule has 0 saturated heterocycles. The highest BCUT2D eigenvalue weighted by molar-refractivity contribution is 7.14. The second kappa shape index (κ2) is 6.90. The number of aliphatic hydroxyl groups excluding tert-OH is 1. The zero-order valence-electron chi connectivity index (χ0n) is 14.2. The zero-order valence-corrected chi connectivity index (χ0v) is 15.1. The number of amides is 1. The van der Waals surface area contributed by atoms with Gasteiger partial charge < -0.3 is 14.7 Å². The number of aliphatic hydroxyl groups is 1. The third-order valence-electron chi connectivity index (χ3n) is 5.16. The first kappa shape index (κ1) is 16.8. The summed E-state index contributed by atoms with van der Waals surface area (Å²) in [6.45, 7) is 2.71. The van der Waals surface area contributed by atoms with Crippen LogP contribution in [0.5, 0.6) is 0 Å². The van der Waals surface area contributed by atoms with Gasteiger partial charge in [0.25, 0.3) is 5.91 Å². The minimum atomic E-state index is -0.0928. The average Bonchev–Trinajstić information content (AvgIpc) is 3.29. The summed E-state index contributed by atoms with van der Waals surface area (Å²) >= 11 is 1.60. The molecule has 4 nitrogen and oxygen atoms in total. The SMILES string of the molecule is O=C(c1cc2c(s1)CCOC2)N(Cc1ccccc1)CC1(CO)CC1. The molecule has 0 radical (unpaired) electrons. The lowest BCUT2D eigenvalue weighted by molar-refractivity contribution is 0.0670. The average molecular weight is 357 g/mol. The van der Waals surface area contributed by atoms with Gasteiger partial charge in [-0.3, -0.25) is 4.79 Å². The lowest BCUT2D eigenvalue weighted by Crippen LogP contribution is -2.36. The van der Waals surface area contributed by atoms with Crippen LogP contribution < -0.4 is 0 Å². The Morgan fingerprint density at radius 1 is 1.28 bits per heavy atom. The molecule has 5 heteroatoms. The fourth-order valence-corrected chi connectivity index (χ4v) is 4.48. The monoisotopic (exact) mass is 357 g/mol. The van der Waals surface area contributed by atoms with Crippen LogP contribution >= 0.6 is 11.3 Å². The molecule has 2 heterocycles. The van der Waals surface area contributed by atoms with Gasteiger partial charge in [0.2, 0.25) is 0 Å². The first-order chi connectivity index (χ1) is 12.2. The maximum Gasteiger partial charge on any atom is 0.264 e. The molecule has 1 fully saturated rings. The van der Waals surface area contributed by atoms with Crippen LogP contribution in [-0.2, 0) is 24.3 Å². The fourth-order valence-electron chi connectivity index (χ4n) is 3.36. The summed E-state index contributed by atoms with van der Waals surface area (Å²) in [5, 5.41) is 9.70. The van der Waals surface area contributed by atoms with Gasteiger partial charge >= 0.3 is 0 Å². The molecule has 0 bridgehead atoms. The van der Waals surface area contributed by atoms with Crippen LogP contribution in [0, 0.1) is 5.41 Å². The lowest BCUT2D eigenvalue weighted by atomic mass is 10.1. The number of hydrogen-bond acceptors (Lipinski definition) is 4. The van der Waals surface area contributed by atoms with Crippen LogP contribution in [0.15, 0.2) is 36.4 Å². The number of thiophene rings is 1. The first-order valence-electron chi connectivity index (χ1n) is 8.82. The van der Waals surface area contributed by atoms with Gasteiger partial charge in [0.15, 0.2) is 0 Å². The molecule has 1 amide bonds. The third-order valence-corrected chi connectivity index (χ3v) is 6.39. The normalized spacial score (nSPS) is 17.8. The van der Waals surface area contributed by atoms with Crippen LogP contribution in [0.3, 0.4) is 0 Å². The molecule has 1 aromatic heterocycles. The summed E-state index contributed by atoms with van der Waals surface area (Å²) in [5.74, 6) is 0.0722. The Labute approximate surface area is 152 Å². The van der Waals surface area contributed by atoms with E-state index in [1.165, 1.54) is 4.88 Å². The van der Waals surface area contributed by atoms with Crippen molar-refractivity contribution in [2.24, 2.45) is 5.41 Å². The van der Waals surface area contributed by atoms with Crippen molar-refractivity contribution in [1.82, 2.24) is 4.90 Å². The van der Waals surface area contributed by atoms with Crippen molar-refractivity contribution in [1.29, 1.82) is 0 Å². The van der Waals surface area contributed by atoms with Gasteiger partial charge in [-0.2, -0.15) is 0 Å². The predicted molar refractivity (Wildman–Crippen MR) is 97.6 cm³/mol. The fraction of sp³-hybridized carbons (Fsp3) is 0.450. The largest absolute Gasteiger partial charge is 0.396 e. The molecule has 0 spiro atoms. The second-order valence-corrected chi connectivity index (χ2v) is 8.30. The number of carbonyl (C=O) groups is 1. The van der Waals surface area contributed by atoms with Gasteiger partial charge in [0, 0.05) is 29.8 Å². The molecule has 1 aliphatic carbocycles. The number of nitrogens with zero attached hydrogens (tertiary/aromatic N) is 1. The topological polar surface area (TPSA) is 49.8 Å². The predicted octanol–water partition coefficient (Wildman–Crippen LogP) is 3.24. The quantitative estimate of drug-likeness (QED) is 0.863. The van der Waals surface area contributed by atoms with E-state index in [1.807, 2.05) is 41.3 Å². The summed E-state index contributed by atoms with van der Waals surface area (Å²) in [6.07, 6.45) is 2.89. The van der Waals surface area contributed by atoms with Crippen molar-refractivity contribution in [2.75, 3.05) is 19.8 Å². The Bertz CT molecular complexity index is 728. The number of carbonyl (C=O) groups excluding carboxylic acids is 1. The molecule has 132 valence electrons. The minimum Gasteiger partial charge on any atom is -0.396 e. The molecule has 1 saturated carbocycles. The van der Waals surface area contributed by atoms with Gasteiger partial charge in [-0.25, -0.2) is 0 Å². The molecule has 2 aromatic rings. The molecule has 2 aliphatic rings. The summed E-state index contributed by atoms with van der Waals surface area (Å²) in [5.41, 5.74) is 2.18. The van der Waals surface area contributed by atoms with E-state index >= 15 is 0 Å². The first-order valence-corrected chi connectivity index (χ1v) is 9.64. The lowest BCUT2D eigenvalue weighted by Gasteiger charge is -2.26. The standard InChI is InChI=1S/C20H23NO3S/c22-14-20(7-8-20)13-21(11-15-4-2-1-3-5-15)19(23)18-10-16-12-24-9-6-17(16)25-18/h1-5,10,22H,6-9,11-14H2. The van der Waals surface area contributed by atoms with E-state index < -0.39 is 0 Å². The van der Waals surface area contributed by atoms with Crippen molar-refractivity contribution in [2.45, 2.75) is 32.4 Å². The van der Waals surface area contributed by atoms with Gasteiger partial charge in [-0.15, -0.1) is 11.3 Å². The maximum absolute atomic E-state index is 13.2. The van der Waals surface area contributed by atoms with Gasteiger partial charge in [0.1, 0.15) is 0 Å².